The number of carbonyl (C=O) groups excluding carboxylic acids is 1. The van der Waals surface area contributed by atoms with E-state index < -0.39 is 8.32 Å². The van der Waals surface area contributed by atoms with Crippen LogP contribution in [0.2, 0.25) is 5.04 Å². The molecule has 3 rings (SSSR count). The number of hydrogen-bond acceptors (Lipinski definition) is 5. The predicted octanol–water partition coefficient (Wildman–Crippen LogP) is 2.78. The van der Waals surface area contributed by atoms with E-state index in [2.05, 4.69) is 69.3 Å². The molecule has 31 heavy (non-hydrogen) atoms. The first kappa shape index (κ1) is 23.4. The summed E-state index contributed by atoms with van der Waals surface area (Å²) in [6.45, 7) is 7.05. The second-order valence-electron chi connectivity index (χ2n) is 8.93. The van der Waals surface area contributed by atoms with Crippen LogP contribution in [0.3, 0.4) is 0 Å². The molecular weight excluding hydrogens is 406 g/mol. The molecule has 2 aromatic carbocycles. The minimum Gasteiger partial charge on any atom is -0.469 e. The first-order valence-electron chi connectivity index (χ1n) is 10.7. The Morgan fingerprint density at radius 2 is 1.55 bits per heavy atom. The van der Waals surface area contributed by atoms with Crippen LogP contribution in [0.25, 0.3) is 0 Å². The molecule has 2 N–H and O–H groups in total. The van der Waals surface area contributed by atoms with Crippen molar-refractivity contribution in [2.24, 2.45) is 5.73 Å². The van der Waals surface area contributed by atoms with Gasteiger partial charge in [0.15, 0.2) is 0 Å². The van der Waals surface area contributed by atoms with E-state index in [9.17, 15) is 4.79 Å². The molecule has 0 unspecified atom stereocenters. The quantitative estimate of drug-likeness (QED) is 0.408. The Hall–Kier alpha value is -2.25. The van der Waals surface area contributed by atoms with Gasteiger partial charge in [0.2, 0.25) is 0 Å². The van der Waals surface area contributed by atoms with Gasteiger partial charge in [-0.1, -0.05) is 93.6 Å². The summed E-state index contributed by atoms with van der Waals surface area (Å²) in [5, 5.41) is 2.29. The van der Waals surface area contributed by atoms with Crippen molar-refractivity contribution in [1.82, 2.24) is 0 Å². The van der Waals surface area contributed by atoms with Crippen molar-refractivity contribution in [1.29, 1.82) is 0 Å². The fourth-order valence-electron chi connectivity index (χ4n) is 4.22. The zero-order valence-electron chi connectivity index (χ0n) is 18.8. The Balaban J connectivity index is 1.93. The molecule has 0 saturated heterocycles. The van der Waals surface area contributed by atoms with Gasteiger partial charge in [0.25, 0.3) is 8.32 Å². The van der Waals surface area contributed by atoms with E-state index in [1.54, 1.807) is 0 Å². The molecule has 166 valence electrons. The Kier molecular flexibility index (Phi) is 7.49. The highest BCUT2D eigenvalue weighted by molar-refractivity contribution is 6.99. The predicted molar refractivity (Wildman–Crippen MR) is 126 cm³/mol. The lowest BCUT2D eigenvalue weighted by molar-refractivity contribution is -0.144. The third-order valence-corrected chi connectivity index (χ3v) is 10.8. The minimum atomic E-state index is -2.68. The Morgan fingerprint density at radius 1 is 1.00 bits per heavy atom. The lowest BCUT2D eigenvalue weighted by Crippen LogP contribution is -2.67. The second-order valence-corrected chi connectivity index (χ2v) is 13.2. The van der Waals surface area contributed by atoms with Gasteiger partial charge in [-0.2, -0.15) is 0 Å². The summed E-state index contributed by atoms with van der Waals surface area (Å²) >= 11 is 0. The molecule has 5 nitrogen and oxygen atoms in total. The molecule has 0 saturated carbocycles. The van der Waals surface area contributed by atoms with Crippen molar-refractivity contribution in [3.63, 3.8) is 0 Å². The maximum Gasteiger partial charge on any atom is 0.308 e. The molecule has 0 radical (unpaired) electrons. The maximum atomic E-state index is 11.7. The minimum absolute atomic E-state index is 0.129. The summed E-state index contributed by atoms with van der Waals surface area (Å²) in [5.74, 6) is -0.309. The van der Waals surface area contributed by atoms with Crippen LogP contribution in [-0.4, -0.2) is 46.3 Å². The molecule has 0 aromatic heterocycles. The molecule has 0 fully saturated rings. The fraction of sp³-hybridized carbons (Fsp3) is 0.400. The number of nitrogens with two attached hydrogens (primary N) is 1. The van der Waals surface area contributed by atoms with E-state index in [4.69, 9.17) is 19.6 Å². The summed E-state index contributed by atoms with van der Waals surface area (Å²) in [4.78, 5) is 11.7. The van der Waals surface area contributed by atoms with E-state index >= 15 is 0 Å². The van der Waals surface area contributed by atoms with Crippen LogP contribution < -0.4 is 16.1 Å². The van der Waals surface area contributed by atoms with Crippen molar-refractivity contribution in [2.75, 3.05) is 13.7 Å². The van der Waals surface area contributed by atoms with Crippen LogP contribution in [-0.2, 0) is 18.7 Å². The van der Waals surface area contributed by atoms with Gasteiger partial charge in [-0.25, -0.2) is 0 Å². The summed E-state index contributed by atoms with van der Waals surface area (Å²) in [6, 6.07) is 20.6. The lowest BCUT2D eigenvalue weighted by atomic mass is 10.1. The second kappa shape index (κ2) is 9.91. The molecule has 2 aromatic rings. The van der Waals surface area contributed by atoms with E-state index in [0.717, 1.165) is 0 Å². The number of hydrogen-bond donors (Lipinski definition) is 1. The van der Waals surface area contributed by atoms with Crippen molar-refractivity contribution in [2.45, 2.75) is 50.5 Å². The van der Waals surface area contributed by atoms with Crippen molar-refractivity contribution < 1.29 is 18.7 Å². The average molecular weight is 440 g/mol. The highest BCUT2D eigenvalue weighted by atomic mass is 28.4. The van der Waals surface area contributed by atoms with Gasteiger partial charge in [-0.3, -0.25) is 4.79 Å². The number of methoxy groups -OCH3 is 1. The fourth-order valence-corrected chi connectivity index (χ4v) is 8.79. The molecule has 1 aliphatic heterocycles. The average Bonchev–Trinajstić information content (AvgIpc) is 2.76. The smallest absolute Gasteiger partial charge is 0.308 e. The van der Waals surface area contributed by atoms with Crippen LogP contribution in [0.1, 0.15) is 27.2 Å². The van der Waals surface area contributed by atoms with Crippen LogP contribution >= 0.6 is 0 Å². The van der Waals surface area contributed by atoms with E-state index in [1.165, 1.54) is 17.5 Å². The van der Waals surface area contributed by atoms with E-state index in [0.29, 0.717) is 6.61 Å². The monoisotopic (exact) mass is 439 g/mol. The summed E-state index contributed by atoms with van der Waals surface area (Å²) in [6.07, 6.45) is 3.19. The van der Waals surface area contributed by atoms with Gasteiger partial charge < -0.3 is 19.6 Å². The van der Waals surface area contributed by atoms with Crippen molar-refractivity contribution in [3.8, 4) is 0 Å². The SMILES string of the molecule is COC(=O)C[C@H]1C=C[C@H](N)[C@@H](CO[Si](c2ccccc2)(c2ccccc2)C(C)(C)C)O1. The van der Waals surface area contributed by atoms with Gasteiger partial charge >= 0.3 is 5.97 Å². The van der Waals surface area contributed by atoms with E-state index in [-0.39, 0.29) is 35.7 Å². The first-order valence-corrected chi connectivity index (χ1v) is 12.6. The summed E-state index contributed by atoms with van der Waals surface area (Å²) in [7, 11) is -1.30. The summed E-state index contributed by atoms with van der Waals surface area (Å²) < 4.78 is 17.9. The number of rotatable bonds is 7. The van der Waals surface area contributed by atoms with Gasteiger partial charge in [0.05, 0.1) is 38.4 Å². The molecule has 0 amide bonds. The van der Waals surface area contributed by atoms with Gasteiger partial charge in [0.1, 0.15) is 0 Å². The van der Waals surface area contributed by atoms with Crippen LogP contribution in [0, 0.1) is 0 Å². The molecule has 0 spiro atoms. The zero-order valence-corrected chi connectivity index (χ0v) is 19.8. The first-order chi connectivity index (χ1) is 14.8. The number of esters is 1. The third kappa shape index (κ3) is 5.15. The largest absolute Gasteiger partial charge is 0.469 e. The topological polar surface area (TPSA) is 70.8 Å². The molecule has 6 heteroatoms. The third-order valence-electron chi connectivity index (χ3n) is 5.80. The molecule has 3 atom stereocenters. The number of ether oxygens (including phenoxy) is 2. The van der Waals surface area contributed by atoms with Crippen LogP contribution in [0.15, 0.2) is 72.8 Å². The van der Waals surface area contributed by atoms with Crippen molar-refractivity contribution >= 4 is 24.7 Å². The van der Waals surface area contributed by atoms with Gasteiger partial charge in [0, 0.05) is 0 Å². The molecule has 1 aliphatic rings. The maximum absolute atomic E-state index is 11.7. The Bertz CT molecular complexity index is 840. The molecular formula is C25H33NO4Si. The lowest BCUT2D eigenvalue weighted by Gasteiger charge is -2.44. The van der Waals surface area contributed by atoms with Crippen molar-refractivity contribution in [3.05, 3.63) is 72.8 Å². The Labute approximate surface area is 186 Å². The number of carbonyl (C=O) groups is 1. The summed E-state index contributed by atoms with van der Waals surface area (Å²) in [5.41, 5.74) is 6.33. The molecule has 0 aliphatic carbocycles. The molecule has 0 bridgehead atoms. The standard InChI is InChI=1S/C25H33NO4Si/c1-25(2,3)31(20-11-7-5-8-12-20,21-13-9-6-10-14-21)29-18-23-22(26)16-15-19(30-23)17-24(27)28-4/h5-16,19,22-23H,17-18,26H2,1-4H3/t19-,22+,23-/m1/s1. The van der Waals surface area contributed by atoms with Gasteiger partial charge in [-0.15, -0.1) is 0 Å². The van der Waals surface area contributed by atoms with Gasteiger partial charge in [-0.05, 0) is 15.4 Å². The van der Waals surface area contributed by atoms with E-state index in [1.807, 2.05) is 24.3 Å². The molecule has 1 heterocycles. The normalized spacial score (nSPS) is 21.6. The zero-order chi connectivity index (χ0) is 22.5. The number of benzene rings is 2. The van der Waals surface area contributed by atoms with Crippen LogP contribution in [0.4, 0.5) is 0 Å². The highest BCUT2D eigenvalue weighted by Crippen LogP contribution is 2.37. The van der Waals surface area contributed by atoms with Crippen LogP contribution in [0.5, 0.6) is 0 Å². The Morgan fingerprint density at radius 3 is 2.03 bits per heavy atom. The highest BCUT2D eigenvalue weighted by Gasteiger charge is 2.50.